The maximum absolute atomic E-state index is 5.33. The quantitative estimate of drug-likeness (QED) is 0.756. The van der Waals surface area contributed by atoms with E-state index in [0.717, 1.165) is 19.4 Å². The van der Waals surface area contributed by atoms with Crippen LogP contribution < -0.4 is 10.2 Å². The van der Waals surface area contributed by atoms with Gasteiger partial charge in [0, 0.05) is 32.2 Å². The highest BCUT2D eigenvalue weighted by Gasteiger charge is 2.09. The first-order valence-electron chi connectivity index (χ1n) is 6.13. The van der Waals surface area contributed by atoms with Gasteiger partial charge in [-0.1, -0.05) is 19.1 Å². The van der Waals surface area contributed by atoms with E-state index in [4.69, 9.17) is 6.42 Å². The summed E-state index contributed by atoms with van der Waals surface area (Å²) in [7, 11) is 4.10. The van der Waals surface area contributed by atoms with Crippen LogP contribution in [-0.4, -0.2) is 20.6 Å². The monoisotopic (exact) mass is 230 g/mol. The van der Waals surface area contributed by atoms with Gasteiger partial charge in [0.25, 0.3) is 0 Å². The second-order valence-electron chi connectivity index (χ2n) is 4.34. The van der Waals surface area contributed by atoms with Crippen molar-refractivity contribution in [1.82, 2.24) is 5.32 Å². The molecule has 0 spiro atoms. The molecule has 0 saturated heterocycles. The highest BCUT2D eigenvalue weighted by Crippen LogP contribution is 2.21. The number of benzene rings is 1. The molecule has 0 saturated carbocycles. The van der Waals surface area contributed by atoms with Crippen LogP contribution in [0.4, 0.5) is 5.69 Å². The molecule has 17 heavy (non-hydrogen) atoms. The van der Waals surface area contributed by atoms with Crippen molar-refractivity contribution in [3.63, 3.8) is 0 Å². The van der Waals surface area contributed by atoms with Crippen molar-refractivity contribution in [2.24, 2.45) is 0 Å². The van der Waals surface area contributed by atoms with Gasteiger partial charge in [-0.25, -0.2) is 0 Å². The smallest absolute Gasteiger partial charge is 0.0361 e. The van der Waals surface area contributed by atoms with Crippen LogP contribution >= 0.6 is 0 Å². The number of hydrogen-bond donors (Lipinski definition) is 1. The van der Waals surface area contributed by atoms with Crippen molar-refractivity contribution < 1.29 is 0 Å². The fraction of sp³-hybridized carbons (Fsp3) is 0.467. The number of rotatable bonds is 6. The second-order valence-corrected chi connectivity index (χ2v) is 4.34. The molecule has 2 heteroatoms. The van der Waals surface area contributed by atoms with E-state index in [1.807, 2.05) is 0 Å². The molecule has 0 bridgehead atoms. The zero-order valence-corrected chi connectivity index (χ0v) is 11.0. The summed E-state index contributed by atoms with van der Waals surface area (Å²) in [5, 5.41) is 3.47. The van der Waals surface area contributed by atoms with Crippen molar-refractivity contribution in [1.29, 1.82) is 0 Å². The average Bonchev–Trinajstić information content (AvgIpc) is 2.34. The summed E-state index contributed by atoms with van der Waals surface area (Å²) >= 11 is 0. The van der Waals surface area contributed by atoms with Crippen LogP contribution in [0.5, 0.6) is 0 Å². The lowest BCUT2D eigenvalue weighted by atomic mass is 10.0. The molecule has 0 radical (unpaired) electrons. The Labute approximate surface area is 105 Å². The molecule has 0 aliphatic carbocycles. The lowest BCUT2D eigenvalue weighted by molar-refractivity contribution is 0.523. The molecule has 1 N–H and O–H groups in total. The van der Waals surface area contributed by atoms with E-state index < -0.39 is 0 Å². The summed E-state index contributed by atoms with van der Waals surface area (Å²) in [5.74, 6) is 2.71. The van der Waals surface area contributed by atoms with Crippen LogP contribution in [-0.2, 0) is 0 Å². The average molecular weight is 230 g/mol. The van der Waals surface area contributed by atoms with Crippen molar-refractivity contribution in [3.8, 4) is 12.3 Å². The normalized spacial score (nSPS) is 11.9. The number of hydrogen-bond acceptors (Lipinski definition) is 2. The molecule has 2 nitrogen and oxygen atoms in total. The Morgan fingerprint density at radius 2 is 1.94 bits per heavy atom. The molecular weight excluding hydrogens is 208 g/mol. The molecule has 0 aromatic heterocycles. The minimum Gasteiger partial charge on any atom is -0.378 e. The van der Waals surface area contributed by atoms with Gasteiger partial charge in [-0.3, -0.25) is 0 Å². The van der Waals surface area contributed by atoms with Crippen LogP contribution in [0.1, 0.15) is 31.4 Å². The summed E-state index contributed by atoms with van der Waals surface area (Å²) in [5.41, 5.74) is 2.54. The molecule has 92 valence electrons. The molecule has 1 aromatic carbocycles. The van der Waals surface area contributed by atoms with E-state index in [0.29, 0.717) is 6.04 Å². The molecular formula is C15H22N2. The van der Waals surface area contributed by atoms with Gasteiger partial charge < -0.3 is 10.2 Å². The highest BCUT2D eigenvalue weighted by molar-refractivity contribution is 5.46. The van der Waals surface area contributed by atoms with E-state index in [1.54, 1.807) is 0 Å². The largest absolute Gasteiger partial charge is 0.378 e. The molecule has 0 heterocycles. The van der Waals surface area contributed by atoms with Gasteiger partial charge >= 0.3 is 0 Å². The van der Waals surface area contributed by atoms with Gasteiger partial charge in [-0.15, -0.1) is 12.3 Å². The Morgan fingerprint density at radius 1 is 1.29 bits per heavy atom. The third kappa shape index (κ3) is 4.13. The number of nitrogens with zero attached hydrogens (tertiary/aromatic N) is 1. The van der Waals surface area contributed by atoms with Crippen molar-refractivity contribution >= 4 is 5.69 Å². The first kappa shape index (κ1) is 13.6. The van der Waals surface area contributed by atoms with E-state index in [-0.39, 0.29) is 0 Å². The van der Waals surface area contributed by atoms with Gasteiger partial charge in [0.2, 0.25) is 0 Å². The van der Waals surface area contributed by atoms with Crippen molar-refractivity contribution in [3.05, 3.63) is 29.8 Å². The third-order valence-corrected chi connectivity index (χ3v) is 2.84. The van der Waals surface area contributed by atoms with Crippen LogP contribution in [0, 0.1) is 12.3 Å². The molecule has 1 aromatic rings. The molecule has 0 aliphatic rings. The van der Waals surface area contributed by atoms with E-state index in [2.05, 4.69) is 61.4 Å². The topological polar surface area (TPSA) is 15.3 Å². The maximum atomic E-state index is 5.33. The predicted octanol–water partition coefficient (Wildman–Crippen LogP) is 2.82. The van der Waals surface area contributed by atoms with Crippen LogP contribution in [0.25, 0.3) is 0 Å². The first-order valence-corrected chi connectivity index (χ1v) is 6.13. The Bertz CT molecular complexity index is 360. The Hall–Kier alpha value is -1.46. The number of nitrogens with one attached hydrogen (secondary N) is 1. The summed E-state index contributed by atoms with van der Waals surface area (Å²) < 4.78 is 0. The first-order chi connectivity index (χ1) is 8.19. The Morgan fingerprint density at radius 3 is 2.41 bits per heavy atom. The highest BCUT2D eigenvalue weighted by atomic mass is 15.1. The van der Waals surface area contributed by atoms with Crippen LogP contribution in [0.15, 0.2) is 24.3 Å². The van der Waals surface area contributed by atoms with Crippen molar-refractivity contribution in [2.45, 2.75) is 25.8 Å². The predicted molar refractivity (Wildman–Crippen MR) is 75.3 cm³/mol. The summed E-state index contributed by atoms with van der Waals surface area (Å²) in [6.07, 6.45) is 7.13. The zero-order chi connectivity index (χ0) is 12.7. The molecule has 1 atom stereocenters. The Balaban J connectivity index is 2.76. The third-order valence-electron chi connectivity index (χ3n) is 2.84. The van der Waals surface area contributed by atoms with Crippen LogP contribution in [0.2, 0.25) is 0 Å². The standard InChI is InChI=1S/C15H22N2/c1-5-7-8-15(16-6-2)13-9-11-14(12-10-13)17(3)4/h1,9-12,15-16H,6-8H2,2-4H3. The Kier molecular flexibility index (Phi) is 5.59. The number of terminal acetylenes is 1. The molecule has 0 aliphatic heterocycles. The van der Waals surface area contributed by atoms with Crippen molar-refractivity contribution in [2.75, 3.05) is 25.5 Å². The summed E-state index contributed by atoms with van der Waals surface area (Å²) in [4.78, 5) is 2.10. The van der Waals surface area contributed by atoms with E-state index >= 15 is 0 Å². The second kappa shape index (κ2) is 6.98. The zero-order valence-electron chi connectivity index (χ0n) is 11.0. The lowest BCUT2D eigenvalue weighted by Crippen LogP contribution is -2.20. The minimum absolute atomic E-state index is 0.368. The summed E-state index contributed by atoms with van der Waals surface area (Å²) in [6, 6.07) is 9.02. The van der Waals surface area contributed by atoms with Gasteiger partial charge in [0.1, 0.15) is 0 Å². The van der Waals surface area contributed by atoms with E-state index in [9.17, 15) is 0 Å². The fourth-order valence-electron chi connectivity index (χ4n) is 1.87. The van der Waals surface area contributed by atoms with Crippen LogP contribution in [0.3, 0.4) is 0 Å². The lowest BCUT2D eigenvalue weighted by Gasteiger charge is -2.19. The molecule has 1 rings (SSSR count). The summed E-state index contributed by atoms with van der Waals surface area (Å²) in [6.45, 7) is 3.09. The number of anilines is 1. The molecule has 0 amide bonds. The van der Waals surface area contributed by atoms with E-state index in [1.165, 1.54) is 11.3 Å². The fourth-order valence-corrected chi connectivity index (χ4v) is 1.87. The minimum atomic E-state index is 0.368. The van der Waals surface area contributed by atoms with Gasteiger partial charge in [-0.05, 0) is 30.7 Å². The molecule has 1 unspecified atom stereocenters. The maximum Gasteiger partial charge on any atom is 0.0361 e. The van der Waals surface area contributed by atoms with Gasteiger partial charge in [0.05, 0.1) is 0 Å². The SMILES string of the molecule is C#CCCC(NCC)c1ccc(N(C)C)cc1. The molecule has 0 fully saturated rings. The van der Waals surface area contributed by atoms with Gasteiger partial charge in [0.15, 0.2) is 0 Å². The van der Waals surface area contributed by atoms with Gasteiger partial charge in [-0.2, -0.15) is 0 Å².